The largest absolute Gasteiger partial charge is 0.497 e. The molecule has 3 rings (SSSR count). The predicted molar refractivity (Wildman–Crippen MR) is 104 cm³/mol. The van der Waals surface area contributed by atoms with Gasteiger partial charge in [0.15, 0.2) is 0 Å². The summed E-state index contributed by atoms with van der Waals surface area (Å²) in [5.74, 6) is 0.642. The molecular formula is C21H24N2O5. The standard InChI is InChI=1S/C21H24N2O5/c1-22(17-8-10-18(26-2)11-9-17)20(24)14-19-12-13-23(28-19)21(25)27-15-16-6-4-3-5-7-16/h3-11,19H,12-15H2,1-2H3/t19-/m1/s1. The summed E-state index contributed by atoms with van der Waals surface area (Å²) in [6, 6.07) is 16.7. The lowest BCUT2D eigenvalue weighted by Crippen LogP contribution is -2.31. The molecule has 1 fully saturated rings. The molecule has 0 spiro atoms. The van der Waals surface area contributed by atoms with E-state index >= 15 is 0 Å². The number of methoxy groups -OCH3 is 1. The van der Waals surface area contributed by atoms with E-state index in [0.717, 1.165) is 17.0 Å². The van der Waals surface area contributed by atoms with Crippen LogP contribution in [0.1, 0.15) is 18.4 Å². The first kappa shape index (κ1) is 19.7. The van der Waals surface area contributed by atoms with Crippen LogP contribution >= 0.6 is 0 Å². The molecule has 1 saturated heterocycles. The van der Waals surface area contributed by atoms with Crippen LogP contribution in [-0.2, 0) is 21.0 Å². The topological polar surface area (TPSA) is 68.3 Å². The average molecular weight is 384 g/mol. The first-order valence-corrected chi connectivity index (χ1v) is 9.12. The number of amides is 2. The zero-order valence-corrected chi connectivity index (χ0v) is 16.0. The summed E-state index contributed by atoms with van der Waals surface area (Å²) in [5, 5.41) is 1.19. The van der Waals surface area contributed by atoms with Crippen LogP contribution in [0.3, 0.4) is 0 Å². The first-order chi connectivity index (χ1) is 13.6. The van der Waals surface area contributed by atoms with Crippen molar-refractivity contribution < 1.29 is 23.9 Å². The van der Waals surface area contributed by atoms with Gasteiger partial charge in [-0.05, 0) is 36.2 Å². The minimum Gasteiger partial charge on any atom is -0.497 e. The minimum atomic E-state index is -0.540. The Hall–Kier alpha value is -3.06. The van der Waals surface area contributed by atoms with Gasteiger partial charge in [0.25, 0.3) is 0 Å². The number of hydrogen-bond donors (Lipinski definition) is 0. The van der Waals surface area contributed by atoms with Crippen molar-refractivity contribution in [2.45, 2.75) is 25.6 Å². The van der Waals surface area contributed by atoms with Crippen LogP contribution in [-0.4, -0.2) is 43.9 Å². The highest BCUT2D eigenvalue weighted by atomic mass is 16.7. The van der Waals surface area contributed by atoms with Gasteiger partial charge in [-0.3, -0.25) is 9.63 Å². The SMILES string of the molecule is COc1ccc(N(C)C(=O)C[C@H]2CCN(C(=O)OCc3ccccc3)O2)cc1. The summed E-state index contributed by atoms with van der Waals surface area (Å²) < 4.78 is 10.4. The number of carbonyl (C=O) groups excluding carboxylic acids is 2. The van der Waals surface area contributed by atoms with E-state index in [1.165, 1.54) is 5.06 Å². The zero-order chi connectivity index (χ0) is 19.9. The second-order valence-electron chi connectivity index (χ2n) is 6.51. The molecule has 0 saturated carbocycles. The smallest absolute Gasteiger partial charge is 0.434 e. The van der Waals surface area contributed by atoms with Crippen molar-refractivity contribution in [3.8, 4) is 5.75 Å². The van der Waals surface area contributed by atoms with Gasteiger partial charge in [0.1, 0.15) is 12.4 Å². The van der Waals surface area contributed by atoms with E-state index in [0.29, 0.717) is 13.0 Å². The van der Waals surface area contributed by atoms with Gasteiger partial charge in [-0.15, -0.1) is 0 Å². The highest BCUT2D eigenvalue weighted by Crippen LogP contribution is 2.22. The monoisotopic (exact) mass is 384 g/mol. The van der Waals surface area contributed by atoms with E-state index < -0.39 is 6.09 Å². The molecule has 0 N–H and O–H groups in total. The molecule has 0 radical (unpaired) electrons. The molecule has 2 aromatic carbocycles. The van der Waals surface area contributed by atoms with E-state index in [-0.39, 0.29) is 25.0 Å². The van der Waals surface area contributed by atoms with Gasteiger partial charge in [0, 0.05) is 12.7 Å². The van der Waals surface area contributed by atoms with E-state index in [1.54, 1.807) is 31.2 Å². The second kappa shape index (κ2) is 9.23. The quantitative estimate of drug-likeness (QED) is 0.764. The molecule has 1 aliphatic rings. The molecule has 0 aromatic heterocycles. The molecule has 1 heterocycles. The van der Waals surface area contributed by atoms with Gasteiger partial charge in [0.05, 0.1) is 26.2 Å². The molecule has 28 heavy (non-hydrogen) atoms. The fourth-order valence-electron chi connectivity index (χ4n) is 2.89. The van der Waals surface area contributed by atoms with Gasteiger partial charge in [-0.1, -0.05) is 30.3 Å². The lowest BCUT2D eigenvalue weighted by molar-refractivity contribution is -0.139. The third-order valence-corrected chi connectivity index (χ3v) is 4.58. The Morgan fingerprint density at radius 2 is 1.86 bits per heavy atom. The Labute approximate surface area is 164 Å². The van der Waals surface area contributed by atoms with E-state index in [2.05, 4.69) is 0 Å². The van der Waals surface area contributed by atoms with Crippen molar-refractivity contribution in [3.05, 3.63) is 60.2 Å². The zero-order valence-electron chi connectivity index (χ0n) is 16.0. The highest BCUT2D eigenvalue weighted by Gasteiger charge is 2.31. The summed E-state index contributed by atoms with van der Waals surface area (Å²) >= 11 is 0. The Morgan fingerprint density at radius 3 is 2.54 bits per heavy atom. The fourth-order valence-corrected chi connectivity index (χ4v) is 2.89. The lowest BCUT2D eigenvalue weighted by Gasteiger charge is -2.20. The number of rotatable bonds is 6. The molecule has 0 bridgehead atoms. The predicted octanol–water partition coefficient (Wildman–Crippen LogP) is 3.39. The van der Waals surface area contributed by atoms with Gasteiger partial charge in [0.2, 0.25) is 5.91 Å². The Balaban J connectivity index is 1.46. The Bertz CT molecular complexity index is 794. The molecule has 7 heteroatoms. The molecule has 2 aromatic rings. The van der Waals surface area contributed by atoms with Crippen LogP contribution < -0.4 is 9.64 Å². The van der Waals surface area contributed by atoms with Crippen LogP contribution in [0.4, 0.5) is 10.5 Å². The third kappa shape index (κ3) is 5.01. The number of anilines is 1. The van der Waals surface area contributed by atoms with Gasteiger partial charge in [-0.2, -0.15) is 5.06 Å². The van der Waals surface area contributed by atoms with Crippen molar-refractivity contribution in [3.63, 3.8) is 0 Å². The maximum Gasteiger partial charge on any atom is 0.434 e. The van der Waals surface area contributed by atoms with Crippen molar-refractivity contribution in [1.29, 1.82) is 0 Å². The number of hydrogen-bond acceptors (Lipinski definition) is 5. The highest BCUT2D eigenvalue weighted by molar-refractivity contribution is 5.93. The van der Waals surface area contributed by atoms with Crippen molar-refractivity contribution in [2.75, 3.05) is 25.6 Å². The van der Waals surface area contributed by atoms with Crippen LogP contribution in [0, 0.1) is 0 Å². The van der Waals surface area contributed by atoms with Crippen LogP contribution in [0.25, 0.3) is 0 Å². The molecule has 1 atom stereocenters. The van der Waals surface area contributed by atoms with E-state index in [4.69, 9.17) is 14.3 Å². The third-order valence-electron chi connectivity index (χ3n) is 4.58. The molecule has 148 valence electrons. The number of hydroxylamine groups is 2. The summed E-state index contributed by atoms with van der Waals surface area (Å²) in [4.78, 5) is 31.8. The molecular weight excluding hydrogens is 360 g/mol. The molecule has 0 unspecified atom stereocenters. The second-order valence-corrected chi connectivity index (χ2v) is 6.51. The normalized spacial score (nSPS) is 15.9. The number of benzene rings is 2. The minimum absolute atomic E-state index is 0.0883. The fraction of sp³-hybridized carbons (Fsp3) is 0.333. The Kier molecular flexibility index (Phi) is 6.49. The van der Waals surface area contributed by atoms with Crippen LogP contribution in [0.5, 0.6) is 5.75 Å². The van der Waals surface area contributed by atoms with Crippen LogP contribution in [0.15, 0.2) is 54.6 Å². The van der Waals surface area contributed by atoms with Crippen molar-refractivity contribution in [1.82, 2.24) is 5.06 Å². The van der Waals surface area contributed by atoms with Crippen molar-refractivity contribution in [2.24, 2.45) is 0 Å². The maximum atomic E-state index is 12.5. The van der Waals surface area contributed by atoms with E-state index in [1.807, 2.05) is 42.5 Å². The van der Waals surface area contributed by atoms with Crippen LogP contribution in [0.2, 0.25) is 0 Å². The van der Waals surface area contributed by atoms with Gasteiger partial charge < -0.3 is 14.4 Å². The first-order valence-electron chi connectivity index (χ1n) is 9.12. The van der Waals surface area contributed by atoms with Gasteiger partial charge >= 0.3 is 6.09 Å². The molecule has 1 aliphatic heterocycles. The lowest BCUT2D eigenvalue weighted by atomic mass is 10.1. The number of ether oxygens (including phenoxy) is 2. The number of carbonyl (C=O) groups is 2. The Morgan fingerprint density at radius 1 is 1.14 bits per heavy atom. The maximum absolute atomic E-state index is 12.5. The average Bonchev–Trinajstić information content (AvgIpc) is 3.20. The molecule has 0 aliphatic carbocycles. The summed E-state index contributed by atoms with van der Waals surface area (Å²) in [6.45, 7) is 0.584. The summed E-state index contributed by atoms with van der Waals surface area (Å²) in [6.07, 6.45) is -0.118. The van der Waals surface area contributed by atoms with E-state index in [9.17, 15) is 9.59 Å². The summed E-state index contributed by atoms with van der Waals surface area (Å²) in [7, 11) is 3.31. The summed E-state index contributed by atoms with van der Waals surface area (Å²) in [5.41, 5.74) is 1.67. The van der Waals surface area contributed by atoms with Gasteiger partial charge in [-0.25, -0.2) is 4.79 Å². The number of nitrogens with zero attached hydrogens (tertiary/aromatic N) is 2. The molecule has 2 amide bonds. The molecule has 7 nitrogen and oxygen atoms in total. The van der Waals surface area contributed by atoms with Crippen molar-refractivity contribution >= 4 is 17.7 Å².